The Bertz CT molecular complexity index is 513. The van der Waals surface area contributed by atoms with Gasteiger partial charge in [0.15, 0.2) is 0 Å². The average Bonchev–Trinajstić information content (AvgIpc) is 2.49. The third-order valence-corrected chi connectivity index (χ3v) is 4.25. The van der Waals surface area contributed by atoms with Crippen molar-refractivity contribution in [2.45, 2.75) is 50.3 Å². The van der Waals surface area contributed by atoms with Crippen molar-refractivity contribution in [2.24, 2.45) is 0 Å². The zero-order chi connectivity index (χ0) is 17.5. The van der Waals surface area contributed by atoms with Crippen molar-refractivity contribution in [3.63, 3.8) is 0 Å². The number of methoxy groups -OCH3 is 1. The molecule has 2 atom stereocenters. The summed E-state index contributed by atoms with van der Waals surface area (Å²) in [5.41, 5.74) is 0.538. The van der Waals surface area contributed by atoms with Crippen molar-refractivity contribution in [3.8, 4) is 0 Å². The maximum Gasteiger partial charge on any atom is 0.408 e. The van der Waals surface area contributed by atoms with Crippen LogP contribution in [0.2, 0.25) is 0 Å². The Morgan fingerprint density at radius 1 is 1.22 bits per heavy atom. The number of benzene rings is 1. The van der Waals surface area contributed by atoms with Crippen molar-refractivity contribution in [1.29, 1.82) is 0 Å². The number of rotatable bonds is 6. The second kappa shape index (κ2) is 8.82. The smallest absolute Gasteiger partial charge is 0.408 e. The van der Waals surface area contributed by atoms with Gasteiger partial charge in [-0.2, -0.15) is 11.8 Å². The number of alkyl carbamates (subject to hydrolysis) is 1. The first-order valence-electron chi connectivity index (χ1n) is 7.46. The third kappa shape index (κ3) is 7.41. The van der Waals surface area contributed by atoms with Crippen LogP contribution in [0.15, 0.2) is 30.3 Å². The minimum Gasteiger partial charge on any atom is -0.467 e. The van der Waals surface area contributed by atoms with E-state index in [1.807, 2.05) is 37.3 Å². The van der Waals surface area contributed by atoms with Gasteiger partial charge in [-0.05, 0) is 26.3 Å². The summed E-state index contributed by atoms with van der Waals surface area (Å²) in [6.07, 6.45) is -0.625. The van der Waals surface area contributed by atoms with Crippen LogP contribution in [-0.4, -0.2) is 36.1 Å². The minimum atomic E-state index is -0.761. The van der Waals surface area contributed by atoms with Gasteiger partial charge >= 0.3 is 12.1 Å². The van der Waals surface area contributed by atoms with E-state index >= 15 is 0 Å². The quantitative estimate of drug-likeness (QED) is 0.805. The van der Waals surface area contributed by atoms with Crippen LogP contribution in [-0.2, 0) is 20.0 Å². The summed E-state index contributed by atoms with van der Waals surface area (Å²) >= 11 is 1.57. The summed E-state index contributed by atoms with van der Waals surface area (Å²) in [4.78, 5) is 23.9. The molecule has 0 saturated carbocycles. The van der Waals surface area contributed by atoms with Gasteiger partial charge in [-0.25, -0.2) is 9.59 Å². The summed E-state index contributed by atoms with van der Waals surface area (Å²) in [6.45, 7) is 7.19. The molecule has 0 aliphatic carbocycles. The monoisotopic (exact) mass is 339 g/mol. The predicted octanol–water partition coefficient (Wildman–Crippen LogP) is 3.37. The van der Waals surface area contributed by atoms with E-state index < -0.39 is 23.7 Å². The van der Waals surface area contributed by atoms with E-state index in [2.05, 4.69) is 5.32 Å². The number of amides is 1. The van der Waals surface area contributed by atoms with E-state index in [1.54, 1.807) is 32.5 Å². The Labute approximate surface area is 142 Å². The number of hydrogen-bond acceptors (Lipinski definition) is 5. The van der Waals surface area contributed by atoms with Crippen molar-refractivity contribution >= 4 is 23.8 Å². The molecule has 1 rings (SSSR count). The van der Waals surface area contributed by atoms with Crippen LogP contribution in [0, 0.1) is 0 Å². The standard InChI is InChI=1S/C17H25NO4S/c1-12(23-11-13-9-7-6-8-10-13)14(15(19)21-5)18-16(20)22-17(2,3)4/h6-10,12,14H,11H2,1-5H3,(H,18,20). The van der Waals surface area contributed by atoms with Crippen LogP contribution < -0.4 is 5.32 Å². The highest BCUT2D eigenvalue weighted by Crippen LogP contribution is 2.21. The van der Waals surface area contributed by atoms with E-state index in [0.29, 0.717) is 0 Å². The fraction of sp³-hybridized carbons (Fsp3) is 0.529. The molecule has 1 aromatic rings. The SMILES string of the molecule is COC(=O)C(NC(=O)OC(C)(C)C)C(C)SCc1ccccc1. The second-order valence-electron chi connectivity index (χ2n) is 6.15. The normalized spacial score (nSPS) is 13.8. The van der Waals surface area contributed by atoms with Crippen molar-refractivity contribution in [1.82, 2.24) is 5.32 Å². The molecule has 0 fully saturated rings. The van der Waals surface area contributed by atoms with Gasteiger partial charge in [-0.15, -0.1) is 0 Å². The number of esters is 1. The number of carbonyl (C=O) groups is 2. The first-order chi connectivity index (χ1) is 10.7. The minimum absolute atomic E-state index is 0.157. The molecule has 0 radical (unpaired) electrons. The van der Waals surface area contributed by atoms with Gasteiger partial charge in [0.1, 0.15) is 11.6 Å². The van der Waals surface area contributed by atoms with E-state index in [4.69, 9.17) is 9.47 Å². The summed E-state index contributed by atoms with van der Waals surface area (Å²) in [7, 11) is 1.31. The molecule has 23 heavy (non-hydrogen) atoms. The predicted molar refractivity (Wildman–Crippen MR) is 92.4 cm³/mol. The molecule has 5 nitrogen and oxygen atoms in total. The number of thioether (sulfide) groups is 1. The Kier molecular flexibility index (Phi) is 7.42. The third-order valence-electron chi connectivity index (χ3n) is 2.95. The molecule has 0 aliphatic rings. The Morgan fingerprint density at radius 2 is 1.83 bits per heavy atom. The van der Waals surface area contributed by atoms with Crippen molar-refractivity contribution in [3.05, 3.63) is 35.9 Å². The fourth-order valence-electron chi connectivity index (χ4n) is 1.83. The maximum atomic E-state index is 12.0. The summed E-state index contributed by atoms with van der Waals surface area (Å²) in [5, 5.41) is 2.45. The molecule has 0 spiro atoms. The van der Waals surface area contributed by atoms with Gasteiger partial charge < -0.3 is 14.8 Å². The van der Waals surface area contributed by atoms with E-state index in [-0.39, 0.29) is 5.25 Å². The first-order valence-corrected chi connectivity index (χ1v) is 8.50. The van der Waals surface area contributed by atoms with E-state index in [9.17, 15) is 9.59 Å². The molecule has 1 N–H and O–H groups in total. The van der Waals surface area contributed by atoms with Crippen LogP contribution in [0.4, 0.5) is 4.79 Å². The summed E-state index contributed by atoms with van der Waals surface area (Å²) in [5.74, 6) is 0.259. The molecule has 0 aromatic heterocycles. The Morgan fingerprint density at radius 3 is 2.35 bits per heavy atom. The van der Waals surface area contributed by atoms with E-state index in [0.717, 1.165) is 11.3 Å². The molecule has 0 aliphatic heterocycles. The molecule has 0 heterocycles. The zero-order valence-corrected chi connectivity index (χ0v) is 15.1. The highest BCUT2D eigenvalue weighted by atomic mass is 32.2. The average molecular weight is 339 g/mol. The Hall–Kier alpha value is -1.69. The zero-order valence-electron chi connectivity index (χ0n) is 14.3. The van der Waals surface area contributed by atoms with Gasteiger partial charge in [0.05, 0.1) is 7.11 Å². The first kappa shape index (κ1) is 19.4. The van der Waals surface area contributed by atoms with Crippen molar-refractivity contribution in [2.75, 3.05) is 7.11 Å². The number of ether oxygens (including phenoxy) is 2. The van der Waals surface area contributed by atoms with E-state index in [1.165, 1.54) is 7.11 Å². The molecule has 6 heteroatoms. The summed E-state index contributed by atoms with van der Waals surface area (Å²) < 4.78 is 10.0. The molecule has 0 saturated heterocycles. The maximum absolute atomic E-state index is 12.0. The number of carbonyl (C=O) groups excluding carboxylic acids is 2. The molecule has 1 amide bonds. The molecule has 0 bridgehead atoms. The lowest BCUT2D eigenvalue weighted by Gasteiger charge is -2.25. The van der Waals surface area contributed by atoms with Gasteiger partial charge in [0.25, 0.3) is 0 Å². The molecular weight excluding hydrogens is 314 g/mol. The fourth-order valence-corrected chi connectivity index (χ4v) is 2.85. The highest BCUT2D eigenvalue weighted by molar-refractivity contribution is 7.99. The van der Waals surface area contributed by atoms with Crippen LogP contribution in [0.25, 0.3) is 0 Å². The number of nitrogens with one attached hydrogen (secondary N) is 1. The van der Waals surface area contributed by atoms with Gasteiger partial charge in [-0.1, -0.05) is 37.3 Å². The van der Waals surface area contributed by atoms with Crippen LogP contribution in [0.1, 0.15) is 33.3 Å². The molecule has 1 aromatic carbocycles. The second-order valence-corrected chi connectivity index (χ2v) is 7.51. The lowest BCUT2D eigenvalue weighted by Crippen LogP contribution is -2.48. The van der Waals surface area contributed by atoms with Crippen LogP contribution >= 0.6 is 11.8 Å². The van der Waals surface area contributed by atoms with Gasteiger partial charge in [0.2, 0.25) is 0 Å². The lowest BCUT2D eigenvalue weighted by atomic mass is 10.2. The largest absolute Gasteiger partial charge is 0.467 e. The van der Waals surface area contributed by atoms with Gasteiger partial charge in [-0.3, -0.25) is 0 Å². The molecular formula is C17H25NO4S. The van der Waals surface area contributed by atoms with Crippen LogP contribution in [0.5, 0.6) is 0 Å². The molecule has 128 valence electrons. The highest BCUT2D eigenvalue weighted by Gasteiger charge is 2.30. The topological polar surface area (TPSA) is 64.6 Å². The lowest BCUT2D eigenvalue weighted by molar-refractivity contribution is -0.143. The number of hydrogen-bond donors (Lipinski definition) is 1. The van der Waals surface area contributed by atoms with Gasteiger partial charge in [0, 0.05) is 11.0 Å². The van der Waals surface area contributed by atoms with Crippen molar-refractivity contribution < 1.29 is 19.1 Å². The molecule has 2 unspecified atom stereocenters. The Balaban J connectivity index is 2.65. The van der Waals surface area contributed by atoms with Crippen LogP contribution in [0.3, 0.4) is 0 Å². The summed E-state index contributed by atoms with van der Waals surface area (Å²) in [6, 6.07) is 9.18.